The Labute approximate surface area is 183 Å². The maximum Gasteiger partial charge on any atom is 0.265 e. The minimum absolute atomic E-state index is 0.00563. The van der Waals surface area contributed by atoms with Gasteiger partial charge in [-0.15, -0.1) is 10.2 Å². The van der Waals surface area contributed by atoms with E-state index in [4.69, 9.17) is 4.74 Å². The van der Waals surface area contributed by atoms with Gasteiger partial charge < -0.3 is 19.7 Å². The molecule has 1 aromatic heterocycles. The molecule has 0 fully saturated rings. The molecule has 0 saturated heterocycles. The monoisotopic (exact) mass is 439 g/mol. The van der Waals surface area contributed by atoms with E-state index in [1.807, 2.05) is 31.2 Å². The van der Waals surface area contributed by atoms with E-state index in [2.05, 4.69) is 15.5 Å². The molecule has 2 heterocycles. The molecule has 1 aliphatic heterocycles. The Balaban J connectivity index is 1.46. The summed E-state index contributed by atoms with van der Waals surface area (Å²) in [4.78, 5) is 26.5. The molecule has 1 atom stereocenters. The van der Waals surface area contributed by atoms with Crippen LogP contribution in [0.1, 0.15) is 18.8 Å². The van der Waals surface area contributed by atoms with Gasteiger partial charge in [-0.25, -0.2) is 0 Å². The zero-order chi connectivity index (χ0) is 22.0. The number of nitrogens with one attached hydrogen (secondary N) is 1. The lowest BCUT2D eigenvalue weighted by atomic mass is 10.1. The number of para-hydroxylation sites is 4. The second-order valence-corrected chi connectivity index (χ2v) is 7.89. The van der Waals surface area contributed by atoms with Gasteiger partial charge in [0.25, 0.3) is 5.91 Å². The van der Waals surface area contributed by atoms with Crippen LogP contribution in [0.3, 0.4) is 0 Å². The van der Waals surface area contributed by atoms with Crippen LogP contribution in [-0.4, -0.2) is 44.0 Å². The third kappa shape index (κ3) is 4.19. The quantitative estimate of drug-likeness (QED) is 0.449. The lowest BCUT2D eigenvalue weighted by Gasteiger charge is -2.33. The fourth-order valence-corrected chi connectivity index (χ4v) is 4.09. The van der Waals surface area contributed by atoms with Crippen LogP contribution in [-0.2, 0) is 16.6 Å². The number of phenolic OH excluding ortho intramolecular Hbond substituents is 1. The van der Waals surface area contributed by atoms with Gasteiger partial charge in [0, 0.05) is 7.05 Å². The van der Waals surface area contributed by atoms with Crippen LogP contribution in [0.15, 0.2) is 53.7 Å². The Kier molecular flexibility index (Phi) is 5.81. The number of hydrogen-bond acceptors (Lipinski definition) is 7. The van der Waals surface area contributed by atoms with E-state index in [0.29, 0.717) is 28.1 Å². The maximum atomic E-state index is 12.6. The molecular weight excluding hydrogens is 418 g/mol. The number of phenols is 1. The molecule has 2 aromatic carbocycles. The molecule has 0 spiro atoms. The lowest BCUT2D eigenvalue weighted by molar-refractivity contribution is -0.121. The first-order valence-corrected chi connectivity index (χ1v) is 10.6. The highest BCUT2D eigenvalue weighted by molar-refractivity contribution is 7.99. The van der Waals surface area contributed by atoms with Gasteiger partial charge in [-0.2, -0.15) is 0 Å². The van der Waals surface area contributed by atoms with E-state index in [-0.39, 0.29) is 36.0 Å². The van der Waals surface area contributed by atoms with Crippen LogP contribution in [0.2, 0.25) is 0 Å². The van der Waals surface area contributed by atoms with Crippen LogP contribution in [0.4, 0.5) is 11.4 Å². The molecule has 2 amide bonds. The van der Waals surface area contributed by atoms with Gasteiger partial charge in [0.2, 0.25) is 5.91 Å². The number of aromatic nitrogens is 3. The number of carbonyl (C=O) groups is 2. The number of benzene rings is 2. The van der Waals surface area contributed by atoms with E-state index >= 15 is 0 Å². The van der Waals surface area contributed by atoms with Gasteiger partial charge in [0.15, 0.2) is 17.6 Å². The van der Waals surface area contributed by atoms with Crippen LogP contribution < -0.4 is 15.0 Å². The fourth-order valence-electron chi connectivity index (χ4n) is 3.37. The molecule has 2 N–H and O–H groups in total. The minimum atomic E-state index is -0.375. The largest absolute Gasteiger partial charge is 0.506 e. The molecule has 0 bridgehead atoms. The second-order valence-electron chi connectivity index (χ2n) is 6.95. The number of thioether (sulfide) groups is 1. The Hall–Kier alpha value is -3.53. The summed E-state index contributed by atoms with van der Waals surface area (Å²) in [6.45, 7) is 1.84. The summed E-state index contributed by atoms with van der Waals surface area (Å²) in [5.41, 5.74) is 1.04. The summed E-state index contributed by atoms with van der Waals surface area (Å²) in [6, 6.07) is 13.5. The number of carbonyl (C=O) groups excluding carboxylic acids is 2. The summed E-state index contributed by atoms with van der Waals surface area (Å²) < 4.78 is 7.28. The normalized spacial score (nSPS) is 14.0. The zero-order valence-electron chi connectivity index (χ0n) is 17.0. The average Bonchev–Trinajstić information content (AvgIpc) is 3.14. The van der Waals surface area contributed by atoms with Gasteiger partial charge in [0.1, 0.15) is 11.5 Å². The van der Waals surface area contributed by atoms with Gasteiger partial charge in [-0.1, -0.05) is 36.0 Å². The van der Waals surface area contributed by atoms with Crippen molar-refractivity contribution in [1.82, 2.24) is 14.8 Å². The van der Waals surface area contributed by atoms with Crippen LogP contribution >= 0.6 is 11.8 Å². The molecule has 9 nitrogen and oxygen atoms in total. The third-order valence-corrected chi connectivity index (χ3v) is 5.90. The summed E-state index contributed by atoms with van der Waals surface area (Å²) in [6.07, 6.45) is 0. The molecule has 0 radical (unpaired) electrons. The first-order valence-electron chi connectivity index (χ1n) is 9.59. The molecule has 31 heavy (non-hydrogen) atoms. The number of ether oxygens (including phenoxy) is 1. The van der Waals surface area contributed by atoms with Gasteiger partial charge in [-0.3, -0.25) is 14.5 Å². The van der Waals surface area contributed by atoms with Crippen LogP contribution in [0.25, 0.3) is 0 Å². The van der Waals surface area contributed by atoms with Gasteiger partial charge >= 0.3 is 0 Å². The van der Waals surface area contributed by atoms with Crippen molar-refractivity contribution in [2.75, 3.05) is 22.6 Å². The van der Waals surface area contributed by atoms with Crippen LogP contribution in [0.5, 0.6) is 11.5 Å². The van der Waals surface area contributed by atoms with E-state index in [1.165, 1.54) is 17.8 Å². The van der Waals surface area contributed by atoms with E-state index < -0.39 is 0 Å². The third-order valence-electron chi connectivity index (χ3n) is 4.88. The SMILES string of the molecule is C[C@H](c1nnc(SCC(=O)Nc2ccccc2O)n1C)N1C(=O)COc2ccccc21. The average molecular weight is 439 g/mol. The van der Waals surface area contributed by atoms with Crippen molar-refractivity contribution in [1.29, 1.82) is 0 Å². The number of fused-ring (bicyclic) bond motifs is 1. The molecule has 10 heteroatoms. The number of amides is 2. The summed E-state index contributed by atoms with van der Waals surface area (Å²) in [5.74, 6) is 0.895. The minimum Gasteiger partial charge on any atom is -0.506 e. The molecule has 1 aliphatic rings. The number of anilines is 2. The van der Waals surface area contributed by atoms with E-state index in [0.717, 1.165) is 0 Å². The second kappa shape index (κ2) is 8.68. The topological polar surface area (TPSA) is 110 Å². The highest BCUT2D eigenvalue weighted by Gasteiger charge is 2.32. The van der Waals surface area contributed by atoms with Crippen molar-refractivity contribution in [3.8, 4) is 11.5 Å². The summed E-state index contributed by atoms with van der Waals surface area (Å²) >= 11 is 1.22. The van der Waals surface area contributed by atoms with Crippen molar-refractivity contribution in [2.24, 2.45) is 7.05 Å². The van der Waals surface area contributed by atoms with Crippen molar-refractivity contribution in [3.05, 3.63) is 54.4 Å². The van der Waals surface area contributed by atoms with E-state index in [9.17, 15) is 14.7 Å². The molecular formula is C21H21N5O4S. The molecule has 4 rings (SSSR count). The Morgan fingerprint density at radius 1 is 1.23 bits per heavy atom. The summed E-state index contributed by atoms with van der Waals surface area (Å²) in [5, 5.41) is 21.4. The number of rotatable bonds is 6. The highest BCUT2D eigenvalue weighted by atomic mass is 32.2. The molecule has 3 aromatic rings. The van der Waals surface area contributed by atoms with Crippen molar-refractivity contribution >= 4 is 35.0 Å². The zero-order valence-corrected chi connectivity index (χ0v) is 17.8. The Morgan fingerprint density at radius 3 is 2.77 bits per heavy atom. The standard InChI is InChI=1S/C21H21N5O4S/c1-13(26-15-8-4-6-10-17(15)30-11-19(26)29)20-23-24-21(25(20)2)31-12-18(28)22-14-7-3-5-9-16(14)27/h3-10,13,27H,11-12H2,1-2H3,(H,22,28)/t13-/m1/s1. The van der Waals surface area contributed by atoms with Crippen molar-refractivity contribution < 1.29 is 19.4 Å². The van der Waals surface area contributed by atoms with Gasteiger partial charge in [0.05, 0.1) is 23.2 Å². The molecule has 160 valence electrons. The van der Waals surface area contributed by atoms with Gasteiger partial charge in [-0.05, 0) is 31.2 Å². The fraction of sp³-hybridized carbons (Fsp3) is 0.238. The molecule has 0 aliphatic carbocycles. The van der Waals surface area contributed by atoms with Crippen LogP contribution in [0, 0.1) is 0 Å². The van der Waals surface area contributed by atoms with E-state index in [1.54, 1.807) is 34.7 Å². The number of hydrogen-bond donors (Lipinski definition) is 2. The number of nitrogens with zero attached hydrogens (tertiary/aromatic N) is 4. The Bertz CT molecular complexity index is 1130. The summed E-state index contributed by atoms with van der Waals surface area (Å²) in [7, 11) is 1.80. The highest BCUT2D eigenvalue weighted by Crippen LogP contribution is 2.37. The Morgan fingerprint density at radius 2 is 1.97 bits per heavy atom. The molecule has 0 unspecified atom stereocenters. The number of aromatic hydroxyl groups is 1. The predicted octanol–water partition coefficient (Wildman–Crippen LogP) is 2.74. The first kappa shape index (κ1) is 20.7. The molecule has 0 saturated carbocycles. The maximum absolute atomic E-state index is 12.6. The first-order chi connectivity index (χ1) is 15.0. The lowest BCUT2D eigenvalue weighted by Crippen LogP contribution is -2.41. The van der Waals surface area contributed by atoms with Crippen molar-refractivity contribution in [3.63, 3.8) is 0 Å². The van der Waals surface area contributed by atoms with Crippen molar-refractivity contribution in [2.45, 2.75) is 18.1 Å². The smallest absolute Gasteiger partial charge is 0.265 e. The predicted molar refractivity (Wildman–Crippen MR) is 116 cm³/mol.